The van der Waals surface area contributed by atoms with Crippen LogP contribution in [-0.4, -0.2) is 23.5 Å². The number of nitrogens with zero attached hydrogens (tertiary/aromatic N) is 1. The molecule has 1 heteroatoms. The Kier molecular flexibility index (Phi) is 8.78. The second-order valence-corrected chi connectivity index (χ2v) is 15.6. The Morgan fingerprint density at radius 3 is 2.37 bits per heavy atom. The van der Waals surface area contributed by atoms with Crippen LogP contribution in [-0.2, 0) is 0 Å². The van der Waals surface area contributed by atoms with Gasteiger partial charge in [0.25, 0.3) is 0 Å². The fourth-order valence-corrected chi connectivity index (χ4v) is 10.2. The predicted molar refractivity (Wildman–Crippen MR) is 154 cm³/mol. The van der Waals surface area contributed by atoms with E-state index in [9.17, 15) is 0 Å². The molecule has 4 fully saturated rings. The smallest absolute Gasteiger partial charge is 0.0240 e. The van der Waals surface area contributed by atoms with Crippen LogP contribution in [0.1, 0.15) is 145 Å². The largest absolute Gasteiger partial charge is 0.297 e. The van der Waals surface area contributed by atoms with Crippen molar-refractivity contribution in [3.8, 4) is 0 Å². The van der Waals surface area contributed by atoms with Crippen LogP contribution in [0.25, 0.3) is 0 Å². The van der Waals surface area contributed by atoms with E-state index in [1.807, 2.05) is 0 Å². The van der Waals surface area contributed by atoms with Crippen molar-refractivity contribution in [1.82, 2.24) is 4.90 Å². The molecule has 1 aliphatic heterocycles. The maximum Gasteiger partial charge on any atom is 0.0240 e. The van der Waals surface area contributed by atoms with Crippen LogP contribution >= 0.6 is 0 Å². The van der Waals surface area contributed by atoms with Crippen molar-refractivity contribution in [2.45, 2.75) is 151 Å². The van der Waals surface area contributed by atoms with Gasteiger partial charge in [0.15, 0.2) is 0 Å². The van der Waals surface area contributed by atoms with Gasteiger partial charge < -0.3 is 0 Å². The average Bonchev–Trinajstić information content (AvgIpc) is 3.03. The van der Waals surface area contributed by atoms with E-state index in [4.69, 9.17) is 0 Å². The van der Waals surface area contributed by atoms with Crippen molar-refractivity contribution >= 4 is 0 Å². The zero-order chi connectivity index (χ0) is 25.4. The summed E-state index contributed by atoms with van der Waals surface area (Å²) in [5.74, 6) is 6.42. The lowest BCUT2D eigenvalue weighted by Crippen LogP contribution is -2.59. The van der Waals surface area contributed by atoms with Gasteiger partial charge in [-0.2, -0.15) is 0 Å². The molecule has 1 heterocycles. The number of hydrogen-bond donors (Lipinski definition) is 0. The summed E-state index contributed by atoms with van der Waals surface area (Å²) in [6.45, 7) is 23.4. The summed E-state index contributed by atoms with van der Waals surface area (Å²) in [6, 6.07) is 0. The molecule has 3 saturated carbocycles. The summed E-state index contributed by atoms with van der Waals surface area (Å²) in [5.41, 5.74) is 1.54. The van der Waals surface area contributed by atoms with Crippen LogP contribution in [0.2, 0.25) is 0 Å². The predicted octanol–water partition coefficient (Wildman–Crippen LogP) is 9.99. The number of fused-ring (bicyclic) bond motifs is 3. The lowest BCUT2D eigenvalue weighted by Gasteiger charge is -2.57. The molecule has 9 unspecified atom stereocenters. The molecule has 0 aromatic carbocycles. The highest BCUT2D eigenvalue weighted by molar-refractivity contribution is 5.09. The molecule has 4 rings (SSSR count). The van der Waals surface area contributed by atoms with Gasteiger partial charge in [0.05, 0.1) is 0 Å². The monoisotopic (exact) mass is 485 g/mol. The summed E-state index contributed by atoms with van der Waals surface area (Å²) < 4.78 is 0. The Balaban J connectivity index is 1.73. The van der Waals surface area contributed by atoms with E-state index >= 15 is 0 Å². The van der Waals surface area contributed by atoms with E-state index in [2.05, 4.69) is 60.3 Å². The Morgan fingerprint density at radius 1 is 0.943 bits per heavy atom. The Bertz CT molecular complexity index is 684. The van der Waals surface area contributed by atoms with Gasteiger partial charge in [-0.3, -0.25) is 4.90 Å². The molecule has 0 aromatic heterocycles. The van der Waals surface area contributed by atoms with Gasteiger partial charge >= 0.3 is 0 Å². The van der Waals surface area contributed by atoms with Gasteiger partial charge in [-0.1, -0.05) is 87.5 Å². The molecule has 1 saturated heterocycles. The zero-order valence-corrected chi connectivity index (χ0v) is 25.3. The van der Waals surface area contributed by atoms with Crippen LogP contribution < -0.4 is 0 Å². The maximum absolute atomic E-state index is 3.22. The maximum atomic E-state index is 3.22. The van der Waals surface area contributed by atoms with Crippen LogP contribution in [0.5, 0.6) is 0 Å². The standard InChI is InChI=1S/C34H63N/c1-9-10-17-32(8)24-35(20-16-30-27(5)21-31(30)32)34-19-15-26(4)22-33(23-34,18-14-25(2)3)28(6)12-11-13-29(34)7/h25-31H,9-24H2,1-8H3. The summed E-state index contributed by atoms with van der Waals surface area (Å²) in [7, 11) is 0. The summed E-state index contributed by atoms with van der Waals surface area (Å²) in [5, 5.41) is 0. The zero-order valence-electron chi connectivity index (χ0n) is 25.3. The lowest BCUT2D eigenvalue weighted by atomic mass is 9.53. The van der Waals surface area contributed by atoms with Gasteiger partial charge in [0.2, 0.25) is 0 Å². The second kappa shape index (κ2) is 11.0. The third-order valence-electron chi connectivity index (χ3n) is 12.7. The van der Waals surface area contributed by atoms with Crippen molar-refractivity contribution < 1.29 is 0 Å². The van der Waals surface area contributed by atoms with Crippen LogP contribution in [0.3, 0.4) is 0 Å². The number of unbranched alkanes of at least 4 members (excludes halogenated alkanes) is 1. The summed E-state index contributed by atoms with van der Waals surface area (Å²) in [4.78, 5) is 3.22. The molecule has 1 nitrogen and oxygen atoms in total. The van der Waals surface area contributed by atoms with Crippen molar-refractivity contribution in [2.75, 3.05) is 13.1 Å². The van der Waals surface area contributed by atoms with E-state index in [1.165, 1.54) is 103 Å². The third kappa shape index (κ3) is 5.43. The molecule has 0 radical (unpaired) electrons. The molecular weight excluding hydrogens is 422 g/mol. The molecule has 0 N–H and O–H groups in total. The second-order valence-electron chi connectivity index (χ2n) is 15.6. The molecule has 0 spiro atoms. The minimum atomic E-state index is 0.441. The van der Waals surface area contributed by atoms with Crippen molar-refractivity contribution in [2.24, 2.45) is 52.3 Å². The van der Waals surface area contributed by atoms with Gasteiger partial charge in [-0.05, 0) is 117 Å². The first-order valence-electron chi connectivity index (χ1n) is 16.3. The van der Waals surface area contributed by atoms with E-state index < -0.39 is 0 Å². The average molecular weight is 486 g/mol. The molecule has 4 aliphatic rings. The van der Waals surface area contributed by atoms with Crippen LogP contribution in [0.4, 0.5) is 0 Å². The van der Waals surface area contributed by atoms with Crippen molar-refractivity contribution in [3.05, 3.63) is 0 Å². The quantitative estimate of drug-likeness (QED) is 0.346. The SMILES string of the molecule is CCCCC1(C)CN(C23CCC(C)CC(CCC(C)C)(C2)C(C)CCCC3C)CCC2C(C)CC21. The minimum Gasteiger partial charge on any atom is -0.297 e. The summed E-state index contributed by atoms with van der Waals surface area (Å²) in [6.07, 6.45) is 20.5. The van der Waals surface area contributed by atoms with Gasteiger partial charge in [0, 0.05) is 12.1 Å². The number of hydrogen-bond acceptors (Lipinski definition) is 1. The minimum absolute atomic E-state index is 0.441. The van der Waals surface area contributed by atoms with Gasteiger partial charge in [0.1, 0.15) is 0 Å². The van der Waals surface area contributed by atoms with E-state index in [0.29, 0.717) is 16.4 Å². The van der Waals surface area contributed by atoms with E-state index in [-0.39, 0.29) is 0 Å². The molecule has 3 aliphatic carbocycles. The topological polar surface area (TPSA) is 3.24 Å². The molecule has 0 amide bonds. The molecule has 204 valence electrons. The highest BCUT2D eigenvalue weighted by Gasteiger charge is 2.57. The first-order chi connectivity index (χ1) is 16.5. The molecule has 35 heavy (non-hydrogen) atoms. The highest BCUT2D eigenvalue weighted by Crippen LogP contribution is 2.60. The van der Waals surface area contributed by atoms with E-state index in [1.54, 1.807) is 0 Å². The van der Waals surface area contributed by atoms with Crippen LogP contribution in [0, 0.1) is 52.3 Å². The highest BCUT2D eigenvalue weighted by atomic mass is 15.2. The van der Waals surface area contributed by atoms with Gasteiger partial charge in [-0.15, -0.1) is 0 Å². The van der Waals surface area contributed by atoms with Crippen molar-refractivity contribution in [1.29, 1.82) is 0 Å². The fourth-order valence-electron chi connectivity index (χ4n) is 10.2. The Hall–Kier alpha value is -0.0400. The normalized spacial score (nSPS) is 47.2. The van der Waals surface area contributed by atoms with Crippen LogP contribution in [0.15, 0.2) is 0 Å². The first-order valence-corrected chi connectivity index (χ1v) is 16.3. The first kappa shape index (κ1) is 28.0. The molecule has 9 atom stereocenters. The third-order valence-corrected chi connectivity index (χ3v) is 12.7. The van der Waals surface area contributed by atoms with Crippen molar-refractivity contribution in [3.63, 3.8) is 0 Å². The fraction of sp³-hybridized carbons (Fsp3) is 1.00. The van der Waals surface area contributed by atoms with E-state index in [0.717, 1.165) is 41.4 Å². The molecular formula is C34H63N. The van der Waals surface area contributed by atoms with Gasteiger partial charge in [-0.25, -0.2) is 0 Å². The summed E-state index contributed by atoms with van der Waals surface area (Å²) >= 11 is 0. The Morgan fingerprint density at radius 2 is 1.69 bits per heavy atom. The molecule has 2 bridgehead atoms. The number of likely N-dealkylation sites (tertiary alicyclic amines) is 1. The lowest BCUT2D eigenvalue weighted by molar-refractivity contribution is -0.0693. The molecule has 0 aromatic rings. The number of rotatable bonds is 7. The Labute approximate surface area is 221 Å².